The van der Waals surface area contributed by atoms with Crippen LogP contribution in [0.15, 0.2) is 29.2 Å². The predicted molar refractivity (Wildman–Crippen MR) is 88.2 cm³/mol. The average Bonchev–Trinajstić information content (AvgIpc) is 2.24. The first-order valence-electron chi connectivity index (χ1n) is 7.08. The van der Waals surface area contributed by atoms with Gasteiger partial charge in [0.25, 0.3) is 0 Å². The SMILES string of the molecule is Cc1ccc(SCC(=O)NC(C)(C)CC(C)(C)C)cc1. The molecule has 1 N–H and O–H groups in total. The molecule has 1 rings (SSSR count). The zero-order chi connectivity index (χ0) is 15.4. The van der Waals surface area contributed by atoms with E-state index in [-0.39, 0.29) is 16.9 Å². The molecular formula is C17H27NOS. The van der Waals surface area contributed by atoms with Crippen molar-refractivity contribution in [3.8, 4) is 0 Å². The second kappa shape index (κ2) is 6.66. The summed E-state index contributed by atoms with van der Waals surface area (Å²) in [6.45, 7) is 12.8. The fourth-order valence-corrected chi connectivity index (χ4v) is 3.27. The zero-order valence-corrected chi connectivity index (χ0v) is 14.4. The minimum Gasteiger partial charge on any atom is -0.350 e. The van der Waals surface area contributed by atoms with Gasteiger partial charge in [0.05, 0.1) is 5.75 Å². The van der Waals surface area contributed by atoms with Gasteiger partial charge >= 0.3 is 0 Å². The fraction of sp³-hybridized carbons (Fsp3) is 0.588. The van der Waals surface area contributed by atoms with Gasteiger partial charge in [0.2, 0.25) is 5.91 Å². The lowest BCUT2D eigenvalue weighted by Gasteiger charge is -2.33. The van der Waals surface area contributed by atoms with Crippen molar-refractivity contribution >= 4 is 17.7 Å². The maximum absolute atomic E-state index is 12.1. The van der Waals surface area contributed by atoms with Crippen LogP contribution in [-0.2, 0) is 4.79 Å². The van der Waals surface area contributed by atoms with Crippen LogP contribution >= 0.6 is 11.8 Å². The number of aryl methyl sites for hydroxylation is 1. The van der Waals surface area contributed by atoms with Crippen LogP contribution in [0.1, 0.15) is 46.6 Å². The summed E-state index contributed by atoms with van der Waals surface area (Å²) in [6, 6.07) is 8.27. The number of amides is 1. The summed E-state index contributed by atoms with van der Waals surface area (Å²) >= 11 is 1.58. The molecular weight excluding hydrogens is 266 g/mol. The maximum Gasteiger partial charge on any atom is 0.230 e. The van der Waals surface area contributed by atoms with Crippen LogP contribution in [0.5, 0.6) is 0 Å². The van der Waals surface area contributed by atoms with Crippen molar-refractivity contribution in [1.29, 1.82) is 0 Å². The molecule has 0 spiro atoms. The number of hydrogen-bond donors (Lipinski definition) is 1. The number of hydrogen-bond acceptors (Lipinski definition) is 2. The quantitative estimate of drug-likeness (QED) is 0.814. The Morgan fingerprint density at radius 3 is 2.15 bits per heavy atom. The van der Waals surface area contributed by atoms with Gasteiger partial charge in [-0.25, -0.2) is 0 Å². The first-order valence-corrected chi connectivity index (χ1v) is 8.06. The standard InChI is InChI=1S/C17H27NOS/c1-13-7-9-14(10-8-13)20-11-15(19)18-17(5,6)12-16(2,3)4/h7-10H,11-12H2,1-6H3,(H,18,19). The van der Waals surface area contributed by atoms with Gasteiger partial charge in [0.15, 0.2) is 0 Å². The normalized spacial score (nSPS) is 12.3. The summed E-state index contributed by atoms with van der Waals surface area (Å²) < 4.78 is 0. The number of thioether (sulfide) groups is 1. The van der Waals surface area contributed by atoms with E-state index < -0.39 is 0 Å². The van der Waals surface area contributed by atoms with Crippen LogP contribution in [0.2, 0.25) is 0 Å². The lowest BCUT2D eigenvalue weighted by Crippen LogP contribution is -2.46. The third-order valence-corrected chi connectivity index (χ3v) is 3.85. The summed E-state index contributed by atoms with van der Waals surface area (Å²) in [6.07, 6.45) is 0.959. The minimum absolute atomic E-state index is 0.102. The van der Waals surface area contributed by atoms with E-state index in [0.717, 1.165) is 11.3 Å². The van der Waals surface area contributed by atoms with Crippen molar-refractivity contribution in [2.45, 2.75) is 58.4 Å². The fourth-order valence-electron chi connectivity index (χ4n) is 2.57. The largest absolute Gasteiger partial charge is 0.350 e. The second-order valence-corrected chi connectivity index (χ2v) is 8.32. The number of carbonyl (C=O) groups is 1. The summed E-state index contributed by atoms with van der Waals surface area (Å²) in [5.74, 6) is 0.571. The molecule has 1 aromatic rings. The van der Waals surface area contributed by atoms with Crippen molar-refractivity contribution in [3.05, 3.63) is 29.8 Å². The van der Waals surface area contributed by atoms with E-state index in [1.807, 2.05) is 0 Å². The molecule has 1 amide bonds. The molecule has 0 bridgehead atoms. The monoisotopic (exact) mass is 293 g/mol. The minimum atomic E-state index is -0.164. The van der Waals surface area contributed by atoms with Gasteiger partial charge in [-0.05, 0) is 44.7 Å². The topological polar surface area (TPSA) is 29.1 Å². The molecule has 2 nitrogen and oxygen atoms in total. The van der Waals surface area contributed by atoms with E-state index in [0.29, 0.717) is 5.75 Å². The van der Waals surface area contributed by atoms with E-state index in [1.54, 1.807) is 11.8 Å². The number of carbonyl (C=O) groups excluding carboxylic acids is 1. The highest BCUT2D eigenvalue weighted by Gasteiger charge is 2.26. The van der Waals surface area contributed by atoms with E-state index in [4.69, 9.17) is 0 Å². The summed E-state index contributed by atoms with van der Waals surface area (Å²) in [7, 11) is 0. The van der Waals surface area contributed by atoms with Crippen LogP contribution < -0.4 is 5.32 Å². The molecule has 0 radical (unpaired) electrons. The molecule has 0 fully saturated rings. The van der Waals surface area contributed by atoms with Crippen molar-refractivity contribution in [1.82, 2.24) is 5.32 Å². The number of benzene rings is 1. The predicted octanol–water partition coefficient (Wildman–Crippen LogP) is 4.42. The molecule has 3 heteroatoms. The average molecular weight is 293 g/mol. The molecule has 20 heavy (non-hydrogen) atoms. The molecule has 0 heterocycles. The highest BCUT2D eigenvalue weighted by molar-refractivity contribution is 8.00. The second-order valence-electron chi connectivity index (χ2n) is 7.27. The molecule has 0 atom stereocenters. The highest BCUT2D eigenvalue weighted by Crippen LogP contribution is 2.27. The van der Waals surface area contributed by atoms with Gasteiger partial charge < -0.3 is 5.32 Å². The Morgan fingerprint density at radius 1 is 1.10 bits per heavy atom. The molecule has 112 valence electrons. The zero-order valence-electron chi connectivity index (χ0n) is 13.5. The van der Waals surface area contributed by atoms with Crippen molar-refractivity contribution in [2.24, 2.45) is 5.41 Å². The lowest BCUT2D eigenvalue weighted by atomic mass is 9.82. The van der Waals surface area contributed by atoms with E-state index in [2.05, 4.69) is 71.1 Å². The molecule has 1 aromatic carbocycles. The van der Waals surface area contributed by atoms with Crippen LogP contribution in [0.25, 0.3) is 0 Å². The lowest BCUT2D eigenvalue weighted by molar-refractivity contribution is -0.120. The molecule has 0 aliphatic rings. The summed E-state index contributed by atoms with van der Waals surface area (Å²) in [5, 5.41) is 3.13. The maximum atomic E-state index is 12.1. The van der Waals surface area contributed by atoms with E-state index >= 15 is 0 Å². The van der Waals surface area contributed by atoms with Crippen LogP contribution in [-0.4, -0.2) is 17.2 Å². The van der Waals surface area contributed by atoms with Gasteiger partial charge in [0.1, 0.15) is 0 Å². The van der Waals surface area contributed by atoms with Gasteiger partial charge in [-0.15, -0.1) is 11.8 Å². The summed E-state index contributed by atoms with van der Waals surface area (Å²) in [4.78, 5) is 13.2. The Morgan fingerprint density at radius 2 is 1.65 bits per heavy atom. The van der Waals surface area contributed by atoms with Gasteiger partial charge in [-0.2, -0.15) is 0 Å². The Kier molecular flexibility index (Phi) is 5.69. The third kappa shape index (κ3) is 6.99. The Balaban J connectivity index is 2.45. The number of nitrogens with one attached hydrogen (secondary N) is 1. The molecule has 0 saturated heterocycles. The summed E-state index contributed by atoms with van der Waals surface area (Å²) in [5.41, 5.74) is 1.29. The van der Waals surface area contributed by atoms with Crippen LogP contribution in [0.3, 0.4) is 0 Å². The number of rotatable bonds is 5. The molecule has 0 saturated carbocycles. The Labute approximate surface area is 127 Å². The van der Waals surface area contributed by atoms with Crippen molar-refractivity contribution in [2.75, 3.05) is 5.75 Å². The highest BCUT2D eigenvalue weighted by atomic mass is 32.2. The first-order chi connectivity index (χ1) is 9.07. The molecule has 0 aliphatic heterocycles. The first kappa shape index (κ1) is 17.1. The van der Waals surface area contributed by atoms with Gasteiger partial charge in [-0.3, -0.25) is 4.79 Å². The Bertz CT molecular complexity index is 443. The van der Waals surface area contributed by atoms with Crippen LogP contribution in [0.4, 0.5) is 0 Å². The van der Waals surface area contributed by atoms with Crippen LogP contribution in [0, 0.1) is 12.3 Å². The molecule has 0 aromatic heterocycles. The van der Waals surface area contributed by atoms with Crippen molar-refractivity contribution in [3.63, 3.8) is 0 Å². The van der Waals surface area contributed by atoms with Gasteiger partial charge in [0, 0.05) is 10.4 Å². The molecule has 0 aliphatic carbocycles. The van der Waals surface area contributed by atoms with Gasteiger partial charge in [-0.1, -0.05) is 38.5 Å². The smallest absolute Gasteiger partial charge is 0.230 e. The van der Waals surface area contributed by atoms with E-state index in [9.17, 15) is 4.79 Å². The van der Waals surface area contributed by atoms with Crippen molar-refractivity contribution < 1.29 is 4.79 Å². The van der Waals surface area contributed by atoms with E-state index in [1.165, 1.54) is 5.56 Å². The Hall–Kier alpha value is -0.960. The molecule has 0 unspecified atom stereocenters. The third-order valence-electron chi connectivity index (χ3n) is 2.84.